The predicted molar refractivity (Wildman–Crippen MR) is 108 cm³/mol. The van der Waals surface area contributed by atoms with E-state index in [0.29, 0.717) is 11.1 Å². The molecule has 8 heteroatoms. The molecule has 0 radical (unpaired) electrons. The van der Waals surface area contributed by atoms with E-state index in [4.69, 9.17) is 13.7 Å². The van der Waals surface area contributed by atoms with Gasteiger partial charge >= 0.3 is 11.9 Å². The van der Waals surface area contributed by atoms with E-state index < -0.39 is 33.8 Å². The van der Waals surface area contributed by atoms with Crippen LogP contribution in [-0.4, -0.2) is 39.3 Å². The van der Waals surface area contributed by atoms with Crippen molar-refractivity contribution in [2.24, 2.45) is 0 Å². The van der Waals surface area contributed by atoms with Gasteiger partial charge in [-0.1, -0.05) is 42.5 Å². The Hall–Kier alpha value is -2.71. The molecule has 0 aliphatic rings. The zero-order chi connectivity index (χ0) is 21.8. The maximum Gasteiger partial charge on any atom is 0.341 e. The second-order valence-corrected chi connectivity index (χ2v) is 8.94. The van der Waals surface area contributed by atoms with Crippen LogP contribution in [0.1, 0.15) is 42.8 Å². The van der Waals surface area contributed by atoms with E-state index in [0.717, 1.165) is 13.4 Å². The molecule has 0 bridgehead atoms. The van der Waals surface area contributed by atoms with Crippen molar-refractivity contribution >= 4 is 22.1 Å². The normalized spacial score (nSPS) is 12.9. The van der Waals surface area contributed by atoms with Crippen LogP contribution in [0, 0.1) is 0 Å². The van der Waals surface area contributed by atoms with Gasteiger partial charge in [0.15, 0.2) is 6.10 Å². The summed E-state index contributed by atoms with van der Waals surface area (Å²) in [6, 6.07) is 13.3. The Balaban J connectivity index is 2.64. The lowest BCUT2D eigenvalue weighted by Crippen LogP contribution is -2.24. The molecule has 0 spiro atoms. The van der Waals surface area contributed by atoms with Gasteiger partial charge in [-0.15, -0.1) is 0 Å². The summed E-state index contributed by atoms with van der Waals surface area (Å²) < 4.78 is 38.6. The second-order valence-electron chi connectivity index (χ2n) is 7.34. The van der Waals surface area contributed by atoms with Crippen molar-refractivity contribution in [3.8, 4) is 11.1 Å². The molecular formula is C21H24O7S. The molecule has 2 aromatic carbocycles. The number of benzene rings is 2. The first-order valence-corrected chi connectivity index (χ1v) is 10.6. The number of ether oxygens (including phenoxy) is 2. The van der Waals surface area contributed by atoms with Crippen LogP contribution in [0.4, 0.5) is 0 Å². The lowest BCUT2D eigenvalue weighted by molar-refractivity contribution is -0.149. The van der Waals surface area contributed by atoms with Crippen molar-refractivity contribution in [3.63, 3.8) is 0 Å². The Kier molecular flexibility index (Phi) is 6.81. The fourth-order valence-electron chi connectivity index (χ4n) is 2.70. The number of hydrogen-bond acceptors (Lipinski definition) is 7. The zero-order valence-corrected chi connectivity index (χ0v) is 17.8. The van der Waals surface area contributed by atoms with E-state index in [-0.39, 0.29) is 11.1 Å². The minimum absolute atomic E-state index is 0.251. The van der Waals surface area contributed by atoms with Gasteiger partial charge in [-0.25, -0.2) is 9.59 Å². The molecule has 29 heavy (non-hydrogen) atoms. The second kappa shape index (κ2) is 8.75. The van der Waals surface area contributed by atoms with Crippen LogP contribution in [-0.2, 0) is 28.6 Å². The van der Waals surface area contributed by atoms with Gasteiger partial charge < -0.3 is 9.47 Å². The average molecular weight is 420 g/mol. The van der Waals surface area contributed by atoms with Gasteiger partial charge in [0.05, 0.1) is 18.9 Å². The minimum Gasteiger partial charge on any atom is -0.467 e. The smallest absolute Gasteiger partial charge is 0.341 e. The number of carbonyl (C=O) groups is 2. The van der Waals surface area contributed by atoms with Crippen molar-refractivity contribution in [2.75, 3.05) is 13.4 Å². The topological polar surface area (TPSA) is 96.0 Å². The first-order chi connectivity index (χ1) is 13.4. The molecule has 0 heterocycles. The van der Waals surface area contributed by atoms with Crippen LogP contribution in [0.5, 0.6) is 0 Å². The maximum atomic E-state index is 12.7. The van der Waals surface area contributed by atoms with Crippen molar-refractivity contribution in [3.05, 3.63) is 59.7 Å². The van der Waals surface area contributed by atoms with Gasteiger partial charge in [-0.2, -0.15) is 8.42 Å². The maximum absolute atomic E-state index is 12.7. The molecule has 2 rings (SSSR count). The van der Waals surface area contributed by atoms with Gasteiger partial charge in [-0.3, -0.25) is 4.18 Å². The summed E-state index contributed by atoms with van der Waals surface area (Å²) in [5, 5.41) is 0. The van der Waals surface area contributed by atoms with Crippen molar-refractivity contribution in [2.45, 2.75) is 32.5 Å². The van der Waals surface area contributed by atoms with Crippen molar-refractivity contribution < 1.29 is 31.7 Å². The summed E-state index contributed by atoms with van der Waals surface area (Å²) in [5.41, 5.74) is 0.757. The summed E-state index contributed by atoms with van der Waals surface area (Å²) in [7, 11) is -2.83. The van der Waals surface area contributed by atoms with Gasteiger partial charge in [0, 0.05) is 5.56 Å². The number of methoxy groups -OCH3 is 1. The van der Waals surface area contributed by atoms with E-state index in [1.807, 2.05) is 0 Å². The van der Waals surface area contributed by atoms with Crippen LogP contribution < -0.4 is 0 Å². The molecular weight excluding hydrogens is 396 g/mol. The van der Waals surface area contributed by atoms with E-state index in [1.54, 1.807) is 69.3 Å². The fourth-order valence-corrected chi connectivity index (χ4v) is 3.23. The average Bonchev–Trinajstić information content (AvgIpc) is 2.63. The SMILES string of the molecule is COC(=O)C(OS(C)(=O)=O)c1ccccc1-c1ccccc1C(=O)OC(C)(C)C. The molecule has 1 atom stereocenters. The predicted octanol–water partition coefficient (Wildman–Crippen LogP) is 3.50. The molecule has 1 unspecified atom stereocenters. The summed E-state index contributed by atoms with van der Waals surface area (Å²) in [5.74, 6) is -1.42. The highest BCUT2D eigenvalue weighted by molar-refractivity contribution is 7.86. The first-order valence-electron chi connectivity index (χ1n) is 8.80. The summed E-state index contributed by atoms with van der Waals surface area (Å²) >= 11 is 0. The summed E-state index contributed by atoms with van der Waals surface area (Å²) in [6.45, 7) is 5.28. The number of hydrogen-bond donors (Lipinski definition) is 0. The molecule has 0 N–H and O–H groups in total. The standard InChI is InChI=1S/C21H24O7S/c1-21(2,3)27-19(22)17-13-9-7-11-15(17)14-10-6-8-12-16(14)18(20(23)26-4)28-29(5,24)25/h6-13,18H,1-5H3. The molecule has 2 aromatic rings. The van der Waals surface area contributed by atoms with Crippen LogP contribution in [0.2, 0.25) is 0 Å². The van der Waals surface area contributed by atoms with Crippen LogP contribution in [0.25, 0.3) is 11.1 Å². The summed E-state index contributed by atoms with van der Waals surface area (Å²) in [4.78, 5) is 25.0. The Labute approximate surface area is 170 Å². The Morgan fingerprint density at radius 3 is 2.03 bits per heavy atom. The monoisotopic (exact) mass is 420 g/mol. The molecule has 0 amide bonds. The minimum atomic E-state index is -3.97. The lowest BCUT2D eigenvalue weighted by Gasteiger charge is -2.22. The highest BCUT2D eigenvalue weighted by Gasteiger charge is 2.30. The quantitative estimate of drug-likeness (QED) is 0.521. The third kappa shape index (κ3) is 6.13. The van der Waals surface area contributed by atoms with Crippen molar-refractivity contribution in [1.82, 2.24) is 0 Å². The zero-order valence-electron chi connectivity index (χ0n) is 17.0. The molecule has 0 saturated carbocycles. The van der Waals surface area contributed by atoms with Gasteiger partial charge in [0.25, 0.3) is 10.1 Å². The molecule has 156 valence electrons. The van der Waals surface area contributed by atoms with Gasteiger partial charge in [0.1, 0.15) is 5.60 Å². The van der Waals surface area contributed by atoms with Crippen LogP contribution in [0.15, 0.2) is 48.5 Å². The summed E-state index contributed by atoms with van der Waals surface area (Å²) in [6.07, 6.45) is -0.668. The highest BCUT2D eigenvalue weighted by Crippen LogP contribution is 2.34. The Morgan fingerprint density at radius 2 is 1.48 bits per heavy atom. The van der Waals surface area contributed by atoms with Crippen molar-refractivity contribution in [1.29, 1.82) is 0 Å². The van der Waals surface area contributed by atoms with Crippen LogP contribution in [0.3, 0.4) is 0 Å². The number of esters is 2. The molecule has 0 aliphatic carbocycles. The number of rotatable bonds is 6. The van der Waals surface area contributed by atoms with E-state index in [1.165, 1.54) is 0 Å². The lowest BCUT2D eigenvalue weighted by atomic mass is 9.93. The molecule has 0 aliphatic heterocycles. The Bertz CT molecular complexity index is 1000. The number of carbonyl (C=O) groups excluding carboxylic acids is 2. The van der Waals surface area contributed by atoms with E-state index >= 15 is 0 Å². The largest absolute Gasteiger partial charge is 0.467 e. The third-order valence-electron chi connectivity index (χ3n) is 3.77. The van der Waals surface area contributed by atoms with Gasteiger partial charge in [-0.05, 0) is 38.0 Å². The van der Waals surface area contributed by atoms with E-state index in [2.05, 4.69) is 0 Å². The fraction of sp³-hybridized carbons (Fsp3) is 0.333. The molecule has 0 fully saturated rings. The molecule has 0 saturated heterocycles. The molecule has 7 nitrogen and oxygen atoms in total. The van der Waals surface area contributed by atoms with Crippen LogP contribution >= 0.6 is 0 Å². The Morgan fingerprint density at radius 1 is 0.931 bits per heavy atom. The highest BCUT2D eigenvalue weighted by atomic mass is 32.2. The first kappa shape index (κ1) is 22.6. The van der Waals surface area contributed by atoms with E-state index in [9.17, 15) is 18.0 Å². The van der Waals surface area contributed by atoms with Gasteiger partial charge in [0.2, 0.25) is 0 Å². The molecule has 0 aromatic heterocycles. The third-order valence-corrected chi connectivity index (χ3v) is 4.31.